The number of carbonyl (C=O) groups is 1. The predicted molar refractivity (Wildman–Crippen MR) is 138 cm³/mol. The quantitative estimate of drug-likeness (QED) is 0.428. The maximum absolute atomic E-state index is 13.7. The van der Waals surface area contributed by atoms with Crippen molar-refractivity contribution < 1.29 is 9.18 Å². The molecule has 1 unspecified atom stereocenters. The summed E-state index contributed by atoms with van der Waals surface area (Å²) in [6.07, 6.45) is 2.11. The van der Waals surface area contributed by atoms with E-state index in [1.165, 1.54) is 12.1 Å². The molecule has 180 valence electrons. The highest BCUT2D eigenvalue weighted by atomic mass is 35.5. The van der Waals surface area contributed by atoms with Gasteiger partial charge >= 0.3 is 6.03 Å². The minimum atomic E-state index is -0.575. The SMILES string of the molecule is CN1CCC(C(CNC(=O)Nc2ccc(Cl)c(F)c2)c2ccc(-c3cccc(C#N)c3)cc2)CC1. The number of likely N-dealkylation sites (tertiary alicyclic amines) is 1. The number of urea groups is 1. The van der Waals surface area contributed by atoms with E-state index in [-0.39, 0.29) is 17.0 Å². The van der Waals surface area contributed by atoms with Gasteiger partial charge in [-0.25, -0.2) is 9.18 Å². The highest BCUT2D eigenvalue weighted by Crippen LogP contribution is 2.33. The van der Waals surface area contributed by atoms with E-state index in [1.807, 2.05) is 18.2 Å². The molecule has 5 nitrogen and oxygen atoms in total. The third-order valence-electron chi connectivity index (χ3n) is 6.66. The van der Waals surface area contributed by atoms with Crippen molar-refractivity contribution in [2.75, 3.05) is 32.0 Å². The molecule has 2 amide bonds. The van der Waals surface area contributed by atoms with Crippen molar-refractivity contribution in [2.24, 2.45) is 5.92 Å². The Labute approximate surface area is 210 Å². The lowest BCUT2D eigenvalue weighted by Crippen LogP contribution is -2.38. The summed E-state index contributed by atoms with van der Waals surface area (Å²) in [6, 6.07) is 21.9. The Hall–Kier alpha value is -3.40. The van der Waals surface area contributed by atoms with Crippen LogP contribution in [0, 0.1) is 23.1 Å². The van der Waals surface area contributed by atoms with Gasteiger partial charge in [-0.2, -0.15) is 5.26 Å². The van der Waals surface area contributed by atoms with Crippen LogP contribution in [-0.4, -0.2) is 37.6 Å². The number of halogens is 2. The van der Waals surface area contributed by atoms with Crippen LogP contribution in [0.25, 0.3) is 11.1 Å². The monoisotopic (exact) mass is 490 g/mol. The van der Waals surface area contributed by atoms with Crippen LogP contribution in [0.5, 0.6) is 0 Å². The van der Waals surface area contributed by atoms with Crippen molar-refractivity contribution in [3.8, 4) is 17.2 Å². The summed E-state index contributed by atoms with van der Waals surface area (Å²) >= 11 is 5.73. The van der Waals surface area contributed by atoms with Crippen LogP contribution in [-0.2, 0) is 0 Å². The number of nitriles is 1. The fourth-order valence-electron chi connectivity index (χ4n) is 4.63. The van der Waals surface area contributed by atoms with Gasteiger partial charge in [0.05, 0.1) is 16.7 Å². The molecule has 0 spiro atoms. The van der Waals surface area contributed by atoms with Crippen LogP contribution in [0.1, 0.15) is 29.9 Å². The lowest BCUT2D eigenvalue weighted by atomic mass is 9.79. The van der Waals surface area contributed by atoms with E-state index in [4.69, 9.17) is 11.6 Å². The summed E-state index contributed by atoms with van der Waals surface area (Å²) in [6.45, 7) is 2.52. The number of rotatable bonds is 6. The van der Waals surface area contributed by atoms with Crippen molar-refractivity contribution in [3.63, 3.8) is 0 Å². The van der Waals surface area contributed by atoms with Crippen molar-refractivity contribution in [2.45, 2.75) is 18.8 Å². The molecule has 0 aliphatic carbocycles. The highest BCUT2D eigenvalue weighted by Gasteiger charge is 2.27. The largest absolute Gasteiger partial charge is 0.337 e. The Balaban J connectivity index is 1.48. The zero-order chi connectivity index (χ0) is 24.8. The number of piperidine rings is 1. The molecule has 0 saturated carbocycles. The third kappa shape index (κ3) is 6.39. The Morgan fingerprint density at radius 2 is 1.86 bits per heavy atom. The second-order valence-corrected chi connectivity index (χ2v) is 9.43. The van der Waals surface area contributed by atoms with Gasteiger partial charge in [0.15, 0.2) is 0 Å². The molecule has 1 atom stereocenters. The minimum Gasteiger partial charge on any atom is -0.337 e. The van der Waals surface area contributed by atoms with E-state index in [0.29, 0.717) is 23.7 Å². The molecular formula is C28H28ClFN4O. The van der Waals surface area contributed by atoms with Gasteiger partial charge in [0.2, 0.25) is 0 Å². The van der Waals surface area contributed by atoms with E-state index in [0.717, 1.165) is 42.6 Å². The van der Waals surface area contributed by atoms with E-state index < -0.39 is 5.82 Å². The van der Waals surface area contributed by atoms with Gasteiger partial charge < -0.3 is 15.5 Å². The molecule has 1 saturated heterocycles. The molecule has 35 heavy (non-hydrogen) atoms. The Kier molecular flexibility index (Phi) is 8.02. The molecule has 3 aromatic rings. The van der Waals surface area contributed by atoms with E-state index in [2.05, 4.69) is 52.9 Å². The van der Waals surface area contributed by atoms with Crippen molar-refractivity contribution in [1.82, 2.24) is 10.2 Å². The first kappa shape index (κ1) is 24.7. The van der Waals surface area contributed by atoms with Crippen LogP contribution >= 0.6 is 11.6 Å². The number of nitrogens with one attached hydrogen (secondary N) is 2. The molecule has 0 radical (unpaired) electrons. The molecule has 1 fully saturated rings. The zero-order valence-electron chi connectivity index (χ0n) is 19.6. The molecule has 0 bridgehead atoms. The van der Waals surface area contributed by atoms with E-state index >= 15 is 0 Å². The van der Waals surface area contributed by atoms with Crippen LogP contribution < -0.4 is 10.6 Å². The average Bonchev–Trinajstić information content (AvgIpc) is 2.88. The van der Waals surface area contributed by atoms with E-state index in [1.54, 1.807) is 12.1 Å². The van der Waals surface area contributed by atoms with Gasteiger partial charge in [0, 0.05) is 18.2 Å². The van der Waals surface area contributed by atoms with Gasteiger partial charge in [-0.15, -0.1) is 0 Å². The van der Waals surface area contributed by atoms with E-state index in [9.17, 15) is 14.4 Å². The lowest BCUT2D eigenvalue weighted by molar-refractivity contribution is 0.195. The third-order valence-corrected chi connectivity index (χ3v) is 6.96. The van der Waals surface area contributed by atoms with Crippen LogP contribution in [0.3, 0.4) is 0 Å². The summed E-state index contributed by atoms with van der Waals surface area (Å²) in [5.41, 5.74) is 4.19. The Morgan fingerprint density at radius 3 is 2.54 bits per heavy atom. The molecule has 2 N–H and O–H groups in total. The lowest BCUT2D eigenvalue weighted by Gasteiger charge is -2.35. The molecule has 7 heteroatoms. The number of carbonyl (C=O) groups excluding carboxylic acids is 1. The fourth-order valence-corrected chi connectivity index (χ4v) is 4.75. The van der Waals surface area contributed by atoms with Crippen molar-refractivity contribution in [1.29, 1.82) is 5.26 Å². The minimum absolute atomic E-state index is 0.0149. The Bertz CT molecular complexity index is 1220. The van der Waals surface area contributed by atoms with Crippen molar-refractivity contribution in [3.05, 3.63) is 88.7 Å². The second-order valence-electron chi connectivity index (χ2n) is 9.03. The normalized spacial score (nSPS) is 15.3. The van der Waals surface area contributed by atoms with Gasteiger partial charge in [-0.05, 0) is 85.9 Å². The number of benzene rings is 3. The van der Waals surface area contributed by atoms with Gasteiger partial charge in [-0.1, -0.05) is 48.0 Å². The molecule has 1 aliphatic rings. The fraction of sp³-hybridized carbons (Fsp3) is 0.286. The highest BCUT2D eigenvalue weighted by molar-refractivity contribution is 6.30. The number of nitrogens with zero attached hydrogens (tertiary/aromatic N) is 2. The number of anilines is 1. The second kappa shape index (κ2) is 11.4. The van der Waals surface area contributed by atoms with Crippen LogP contribution in [0.15, 0.2) is 66.7 Å². The smallest absolute Gasteiger partial charge is 0.319 e. The number of hydrogen-bond acceptors (Lipinski definition) is 3. The first-order valence-corrected chi connectivity index (χ1v) is 12.1. The zero-order valence-corrected chi connectivity index (χ0v) is 20.4. The predicted octanol–water partition coefficient (Wildman–Crippen LogP) is 6.26. The number of hydrogen-bond donors (Lipinski definition) is 2. The number of amides is 2. The first-order chi connectivity index (χ1) is 16.9. The Morgan fingerprint density at radius 1 is 1.11 bits per heavy atom. The van der Waals surface area contributed by atoms with Gasteiger partial charge in [-0.3, -0.25) is 0 Å². The molecule has 4 rings (SSSR count). The maximum Gasteiger partial charge on any atom is 0.319 e. The summed E-state index contributed by atoms with van der Waals surface area (Å²) in [5.74, 6) is 0.0113. The van der Waals surface area contributed by atoms with Gasteiger partial charge in [0.25, 0.3) is 0 Å². The standard InChI is InChI=1S/C28H28ClFN4O/c1-34-13-11-22(12-14-34)25(18-32-28(35)33-24-9-10-26(29)27(30)16-24)21-7-5-20(6-8-21)23-4-2-3-19(15-23)17-31/h2-10,15-16,22,25H,11-14,18H2,1H3,(H2,32,33,35). The molecule has 3 aromatic carbocycles. The van der Waals surface area contributed by atoms with Crippen molar-refractivity contribution >= 4 is 23.3 Å². The summed E-state index contributed by atoms with van der Waals surface area (Å²) in [5, 5.41) is 14.9. The van der Waals surface area contributed by atoms with Crippen LogP contribution in [0.2, 0.25) is 5.02 Å². The molecular weight excluding hydrogens is 463 g/mol. The molecule has 1 aliphatic heterocycles. The van der Waals surface area contributed by atoms with Gasteiger partial charge in [0.1, 0.15) is 5.82 Å². The topological polar surface area (TPSA) is 68.2 Å². The summed E-state index contributed by atoms with van der Waals surface area (Å²) < 4.78 is 13.7. The summed E-state index contributed by atoms with van der Waals surface area (Å²) in [4.78, 5) is 14.9. The molecule has 1 heterocycles. The van der Waals surface area contributed by atoms with Crippen LogP contribution in [0.4, 0.5) is 14.9 Å². The average molecular weight is 491 g/mol. The maximum atomic E-state index is 13.7. The molecule has 0 aromatic heterocycles. The summed E-state index contributed by atoms with van der Waals surface area (Å²) in [7, 11) is 2.13. The first-order valence-electron chi connectivity index (χ1n) is 11.7.